The van der Waals surface area contributed by atoms with Crippen LogP contribution in [0, 0.1) is 13.8 Å². The number of aryl methyl sites for hydroxylation is 2. The average Bonchev–Trinajstić information content (AvgIpc) is 2.76. The van der Waals surface area contributed by atoms with Crippen LogP contribution in [0.2, 0.25) is 0 Å². The van der Waals surface area contributed by atoms with E-state index < -0.39 is 0 Å². The molecule has 0 radical (unpaired) electrons. The van der Waals surface area contributed by atoms with Crippen LogP contribution in [0.25, 0.3) is 0 Å². The maximum absolute atomic E-state index is 6.15. The van der Waals surface area contributed by atoms with Crippen molar-refractivity contribution in [2.45, 2.75) is 70.6 Å². The molecule has 4 heteroatoms. The standard InChI is InChI=1S/C14H23N3S/c1-8-14(18-10(3)16-8)9(2)17-12-4-5-13(17)7-11(15)6-12/h9,11-13H,4-7,15H2,1-3H3. The second-order valence-electron chi connectivity index (χ2n) is 5.92. The zero-order chi connectivity index (χ0) is 12.9. The van der Waals surface area contributed by atoms with Crippen molar-refractivity contribution in [1.29, 1.82) is 0 Å². The third-order valence-electron chi connectivity index (χ3n) is 4.59. The molecule has 2 fully saturated rings. The lowest BCUT2D eigenvalue weighted by molar-refractivity contribution is 0.0866. The minimum atomic E-state index is 0.426. The highest BCUT2D eigenvalue weighted by Crippen LogP contribution is 2.42. The number of fused-ring (bicyclic) bond motifs is 2. The van der Waals surface area contributed by atoms with Crippen molar-refractivity contribution < 1.29 is 0 Å². The summed E-state index contributed by atoms with van der Waals surface area (Å²) >= 11 is 1.86. The Balaban J connectivity index is 1.85. The van der Waals surface area contributed by atoms with Gasteiger partial charge in [-0.3, -0.25) is 4.90 Å². The van der Waals surface area contributed by atoms with Crippen molar-refractivity contribution in [1.82, 2.24) is 9.88 Å². The summed E-state index contributed by atoms with van der Waals surface area (Å²) in [6, 6.07) is 2.35. The SMILES string of the molecule is Cc1nc(C)c(C(C)N2C3CCC2CC(N)C3)s1. The van der Waals surface area contributed by atoms with Gasteiger partial charge in [0.05, 0.1) is 10.7 Å². The minimum absolute atomic E-state index is 0.426. The van der Waals surface area contributed by atoms with Crippen LogP contribution in [0.3, 0.4) is 0 Å². The van der Waals surface area contributed by atoms with Gasteiger partial charge in [-0.05, 0) is 46.5 Å². The number of hydrogen-bond donors (Lipinski definition) is 1. The van der Waals surface area contributed by atoms with E-state index in [-0.39, 0.29) is 0 Å². The molecule has 100 valence electrons. The fourth-order valence-electron chi connectivity index (χ4n) is 3.96. The van der Waals surface area contributed by atoms with Crippen molar-refractivity contribution in [3.05, 3.63) is 15.6 Å². The quantitative estimate of drug-likeness (QED) is 0.894. The van der Waals surface area contributed by atoms with Crippen LogP contribution >= 0.6 is 11.3 Å². The lowest BCUT2D eigenvalue weighted by Gasteiger charge is -2.41. The van der Waals surface area contributed by atoms with Crippen LogP contribution in [0.1, 0.15) is 54.2 Å². The molecule has 2 bridgehead atoms. The Hall–Kier alpha value is -0.450. The Labute approximate surface area is 113 Å². The second-order valence-corrected chi connectivity index (χ2v) is 7.16. The van der Waals surface area contributed by atoms with Crippen LogP contribution < -0.4 is 5.73 Å². The van der Waals surface area contributed by atoms with E-state index in [1.54, 1.807) is 0 Å². The number of aromatic nitrogens is 1. The van der Waals surface area contributed by atoms with Crippen molar-refractivity contribution in [2.75, 3.05) is 0 Å². The Morgan fingerprint density at radius 1 is 1.28 bits per heavy atom. The van der Waals surface area contributed by atoms with Crippen LogP contribution in [-0.2, 0) is 0 Å². The van der Waals surface area contributed by atoms with Crippen LogP contribution in [-0.4, -0.2) is 28.0 Å². The third kappa shape index (κ3) is 2.00. The van der Waals surface area contributed by atoms with E-state index in [9.17, 15) is 0 Å². The molecule has 0 spiro atoms. The van der Waals surface area contributed by atoms with Gasteiger partial charge in [0, 0.05) is 29.0 Å². The predicted octanol–water partition coefficient (Wildman–Crippen LogP) is 2.78. The molecule has 0 saturated carbocycles. The molecule has 0 amide bonds. The molecule has 2 N–H and O–H groups in total. The Morgan fingerprint density at radius 3 is 2.39 bits per heavy atom. The number of rotatable bonds is 2. The van der Waals surface area contributed by atoms with Crippen molar-refractivity contribution in [3.8, 4) is 0 Å². The highest BCUT2D eigenvalue weighted by Gasteiger charge is 2.42. The second kappa shape index (κ2) is 4.58. The molecule has 1 aromatic heterocycles. The molecule has 3 nitrogen and oxygen atoms in total. The van der Waals surface area contributed by atoms with Gasteiger partial charge in [0.15, 0.2) is 0 Å². The first-order valence-corrected chi connectivity index (χ1v) is 7.85. The van der Waals surface area contributed by atoms with E-state index in [4.69, 9.17) is 5.73 Å². The van der Waals surface area contributed by atoms with E-state index in [1.165, 1.54) is 41.3 Å². The van der Waals surface area contributed by atoms with E-state index in [2.05, 4.69) is 30.7 Å². The molecule has 2 aliphatic rings. The Bertz CT molecular complexity index is 428. The van der Waals surface area contributed by atoms with E-state index >= 15 is 0 Å². The Kier molecular flexibility index (Phi) is 3.20. The lowest BCUT2D eigenvalue weighted by Crippen LogP contribution is -2.48. The van der Waals surface area contributed by atoms with Gasteiger partial charge in [0.1, 0.15) is 0 Å². The first-order chi connectivity index (χ1) is 8.56. The average molecular weight is 265 g/mol. The van der Waals surface area contributed by atoms with Gasteiger partial charge in [-0.1, -0.05) is 0 Å². The fraction of sp³-hybridized carbons (Fsp3) is 0.786. The van der Waals surface area contributed by atoms with Gasteiger partial charge in [-0.25, -0.2) is 4.98 Å². The predicted molar refractivity (Wildman–Crippen MR) is 75.9 cm³/mol. The number of hydrogen-bond acceptors (Lipinski definition) is 4. The van der Waals surface area contributed by atoms with Gasteiger partial charge < -0.3 is 5.73 Å². The molecule has 0 aromatic carbocycles. The number of nitrogens with zero attached hydrogens (tertiary/aromatic N) is 2. The monoisotopic (exact) mass is 265 g/mol. The highest BCUT2D eigenvalue weighted by molar-refractivity contribution is 7.11. The molecule has 3 rings (SSSR count). The van der Waals surface area contributed by atoms with E-state index in [0.717, 1.165) is 0 Å². The zero-order valence-corrected chi connectivity index (χ0v) is 12.3. The molecule has 3 unspecified atom stereocenters. The molecule has 3 heterocycles. The number of thiazole rings is 1. The molecular weight excluding hydrogens is 242 g/mol. The Morgan fingerprint density at radius 2 is 1.89 bits per heavy atom. The van der Waals surface area contributed by atoms with Crippen LogP contribution in [0.15, 0.2) is 0 Å². The van der Waals surface area contributed by atoms with E-state index in [1.807, 2.05) is 11.3 Å². The topological polar surface area (TPSA) is 42.2 Å². The normalized spacial score (nSPS) is 33.9. The summed E-state index contributed by atoms with van der Waals surface area (Å²) in [6.07, 6.45) is 5.02. The zero-order valence-electron chi connectivity index (χ0n) is 11.5. The molecule has 3 atom stereocenters. The summed E-state index contributed by atoms with van der Waals surface area (Å²) in [4.78, 5) is 8.76. The molecule has 2 saturated heterocycles. The molecular formula is C14H23N3S. The molecule has 1 aromatic rings. The first kappa shape index (κ1) is 12.6. The van der Waals surface area contributed by atoms with Gasteiger partial charge in [-0.2, -0.15) is 0 Å². The summed E-state index contributed by atoms with van der Waals surface area (Å²) in [6.45, 7) is 6.60. The summed E-state index contributed by atoms with van der Waals surface area (Å²) in [5.41, 5.74) is 7.38. The van der Waals surface area contributed by atoms with E-state index in [0.29, 0.717) is 24.2 Å². The van der Waals surface area contributed by atoms with Crippen molar-refractivity contribution >= 4 is 11.3 Å². The fourth-order valence-corrected chi connectivity index (χ4v) is 4.94. The number of piperidine rings is 1. The minimum Gasteiger partial charge on any atom is -0.328 e. The van der Waals surface area contributed by atoms with Crippen molar-refractivity contribution in [3.63, 3.8) is 0 Å². The summed E-state index contributed by atoms with van der Waals surface area (Å²) in [7, 11) is 0. The first-order valence-electron chi connectivity index (χ1n) is 7.03. The summed E-state index contributed by atoms with van der Waals surface area (Å²) in [5.74, 6) is 0. The van der Waals surface area contributed by atoms with Gasteiger partial charge >= 0.3 is 0 Å². The maximum atomic E-state index is 6.15. The van der Waals surface area contributed by atoms with Crippen LogP contribution in [0.5, 0.6) is 0 Å². The maximum Gasteiger partial charge on any atom is 0.0900 e. The molecule has 0 aliphatic carbocycles. The smallest absolute Gasteiger partial charge is 0.0900 e. The van der Waals surface area contributed by atoms with Gasteiger partial charge in [0.25, 0.3) is 0 Å². The summed E-state index contributed by atoms with van der Waals surface area (Å²) < 4.78 is 0. The van der Waals surface area contributed by atoms with Gasteiger partial charge in [0.2, 0.25) is 0 Å². The summed E-state index contributed by atoms with van der Waals surface area (Å²) in [5, 5.41) is 1.19. The largest absolute Gasteiger partial charge is 0.328 e. The van der Waals surface area contributed by atoms with Crippen LogP contribution in [0.4, 0.5) is 0 Å². The third-order valence-corrected chi connectivity index (χ3v) is 5.84. The number of nitrogens with two attached hydrogens (primary N) is 1. The van der Waals surface area contributed by atoms with Gasteiger partial charge in [-0.15, -0.1) is 11.3 Å². The molecule has 2 aliphatic heterocycles. The molecule has 18 heavy (non-hydrogen) atoms. The van der Waals surface area contributed by atoms with Crippen molar-refractivity contribution in [2.24, 2.45) is 5.73 Å². The lowest BCUT2D eigenvalue weighted by atomic mass is 9.96. The highest BCUT2D eigenvalue weighted by atomic mass is 32.1.